The molecule has 0 radical (unpaired) electrons. The fourth-order valence-electron chi connectivity index (χ4n) is 3.28. The molecule has 0 aliphatic carbocycles. The lowest BCUT2D eigenvalue weighted by Gasteiger charge is -2.35. The van der Waals surface area contributed by atoms with Crippen LogP contribution >= 0.6 is 0 Å². The van der Waals surface area contributed by atoms with Gasteiger partial charge in [0.1, 0.15) is 6.04 Å². The van der Waals surface area contributed by atoms with Crippen LogP contribution in [0.15, 0.2) is 30.3 Å². The van der Waals surface area contributed by atoms with Gasteiger partial charge in [-0.1, -0.05) is 51.1 Å². The maximum Gasteiger partial charge on any atom is 0.321 e. The van der Waals surface area contributed by atoms with Crippen molar-refractivity contribution in [1.29, 1.82) is 0 Å². The fraction of sp³-hybridized carbons (Fsp3) is 0.562. The second-order valence-corrected chi connectivity index (χ2v) is 5.89. The van der Waals surface area contributed by atoms with E-state index in [4.69, 9.17) is 0 Å². The van der Waals surface area contributed by atoms with Crippen molar-refractivity contribution in [3.63, 3.8) is 0 Å². The molecule has 1 N–H and O–H groups in total. The Balaban J connectivity index is 2.32. The van der Waals surface area contributed by atoms with Crippen LogP contribution in [0.4, 0.5) is 0 Å². The fourth-order valence-corrected chi connectivity index (χ4v) is 3.28. The Labute approximate surface area is 115 Å². The summed E-state index contributed by atoms with van der Waals surface area (Å²) in [7, 11) is 0. The first-order valence-corrected chi connectivity index (χ1v) is 7.06. The number of carbonyl (C=O) groups is 1. The zero-order chi connectivity index (χ0) is 14.0. The van der Waals surface area contributed by atoms with Gasteiger partial charge in [-0.3, -0.25) is 9.69 Å². The molecule has 1 saturated heterocycles. The molecule has 0 saturated carbocycles. The van der Waals surface area contributed by atoms with Crippen molar-refractivity contribution < 1.29 is 9.90 Å². The summed E-state index contributed by atoms with van der Waals surface area (Å²) >= 11 is 0. The standard InChI is InChI=1S/C16H23NO2/c1-11(2)14(13-7-5-4-6-8-13)17-10-9-12(3)15(17)16(18)19/h4-8,11-12,14-15H,9-10H2,1-3H3,(H,18,19). The van der Waals surface area contributed by atoms with E-state index in [0.717, 1.165) is 13.0 Å². The first kappa shape index (κ1) is 14.1. The van der Waals surface area contributed by atoms with E-state index < -0.39 is 5.97 Å². The van der Waals surface area contributed by atoms with Gasteiger partial charge in [-0.15, -0.1) is 0 Å². The predicted molar refractivity (Wildman–Crippen MR) is 75.9 cm³/mol. The number of aliphatic carboxylic acids is 1. The van der Waals surface area contributed by atoms with Crippen LogP contribution in [0.2, 0.25) is 0 Å². The third kappa shape index (κ3) is 2.81. The van der Waals surface area contributed by atoms with Gasteiger partial charge in [0.05, 0.1) is 0 Å². The molecule has 1 aliphatic heterocycles. The Morgan fingerprint density at radius 3 is 2.47 bits per heavy atom. The SMILES string of the molecule is CC(C)C(c1ccccc1)N1CCC(C)C1C(=O)O. The van der Waals surface area contributed by atoms with E-state index in [-0.39, 0.29) is 18.0 Å². The Morgan fingerprint density at radius 2 is 1.95 bits per heavy atom. The van der Waals surface area contributed by atoms with Crippen molar-refractivity contribution in [2.45, 2.75) is 39.3 Å². The zero-order valence-electron chi connectivity index (χ0n) is 11.9. The Bertz CT molecular complexity index is 430. The van der Waals surface area contributed by atoms with Crippen molar-refractivity contribution in [2.24, 2.45) is 11.8 Å². The summed E-state index contributed by atoms with van der Waals surface area (Å²) in [5, 5.41) is 9.49. The number of carboxylic acid groups (broad SMARTS) is 1. The smallest absolute Gasteiger partial charge is 0.321 e. The zero-order valence-corrected chi connectivity index (χ0v) is 11.9. The molecule has 1 aromatic carbocycles. The Hall–Kier alpha value is -1.35. The van der Waals surface area contributed by atoms with E-state index >= 15 is 0 Å². The van der Waals surface area contributed by atoms with Gasteiger partial charge in [0, 0.05) is 6.04 Å². The van der Waals surface area contributed by atoms with Crippen LogP contribution in [0.3, 0.4) is 0 Å². The maximum atomic E-state index is 11.5. The number of hydrogen-bond donors (Lipinski definition) is 1. The van der Waals surface area contributed by atoms with Crippen molar-refractivity contribution >= 4 is 5.97 Å². The molecule has 0 aromatic heterocycles. The third-order valence-electron chi connectivity index (χ3n) is 4.12. The van der Waals surface area contributed by atoms with E-state index in [1.54, 1.807) is 0 Å². The molecular weight excluding hydrogens is 238 g/mol. The molecule has 1 aliphatic rings. The van der Waals surface area contributed by atoms with Crippen LogP contribution < -0.4 is 0 Å². The molecule has 3 nitrogen and oxygen atoms in total. The van der Waals surface area contributed by atoms with E-state index in [1.165, 1.54) is 5.56 Å². The second-order valence-electron chi connectivity index (χ2n) is 5.89. The molecule has 1 fully saturated rings. The van der Waals surface area contributed by atoms with Gasteiger partial charge < -0.3 is 5.11 Å². The molecule has 0 bridgehead atoms. The quantitative estimate of drug-likeness (QED) is 0.905. The lowest BCUT2D eigenvalue weighted by atomic mass is 9.93. The lowest BCUT2D eigenvalue weighted by Crippen LogP contribution is -2.42. The minimum atomic E-state index is -0.688. The van der Waals surface area contributed by atoms with Crippen molar-refractivity contribution in [3.05, 3.63) is 35.9 Å². The van der Waals surface area contributed by atoms with E-state index in [1.807, 2.05) is 25.1 Å². The molecule has 3 atom stereocenters. The molecule has 1 aromatic rings. The molecule has 1 heterocycles. The lowest BCUT2D eigenvalue weighted by molar-refractivity contribution is -0.144. The predicted octanol–water partition coefficient (Wildman–Crippen LogP) is 3.18. The molecule has 3 heteroatoms. The summed E-state index contributed by atoms with van der Waals surface area (Å²) in [5.74, 6) is -0.0661. The van der Waals surface area contributed by atoms with Gasteiger partial charge in [0.2, 0.25) is 0 Å². The van der Waals surface area contributed by atoms with Gasteiger partial charge in [-0.25, -0.2) is 0 Å². The van der Waals surface area contributed by atoms with Crippen LogP contribution in [0.5, 0.6) is 0 Å². The normalized spacial score (nSPS) is 25.7. The average Bonchev–Trinajstić information content (AvgIpc) is 2.72. The third-order valence-corrected chi connectivity index (χ3v) is 4.12. The highest BCUT2D eigenvalue weighted by Gasteiger charge is 2.41. The number of nitrogens with zero attached hydrogens (tertiary/aromatic N) is 1. The molecular formula is C16H23NO2. The van der Waals surface area contributed by atoms with Crippen LogP contribution in [0, 0.1) is 11.8 Å². The summed E-state index contributed by atoms with van der Waals surface area (Å²) in [6.07, 6.45) is 0.965. The Morgan fingerprint density at radius 1 is 1.32 bits per heavy atom. The summed E-state index contributed by atoms with van der Waals surface area (Å²) in [6.45, 7) is 7.25. The number of carboxylic acids is 1. The van der Waals surface area contributed by atoms with Crippen LogP contribution in [0.25, 0.3) is 0 Å². The molecule has 104 valence electrons. The largest absolute Gasteiger partial charge is 0.480 e. The van der Waals surface area contributed by atoms with Gasteiger partial charge in [-0.2, -0.15) is 0 Å². The van der Waals surface area contributed by atoms with Crippen molar-refractivity contribution in [1.82, 2.24) is 4.90 Å². The first-order valence-electron chi connectivity index (χ1n) is 7.06. The van der Waals surface area contributed by atoms with Gasteiger partial charge in [0.25, 0.3) is 0 Å². The van der Waals surface area contributed by atoms with Crippen molar-refractivity contribution in [3.8, 4) is 0 Å². The van der Waals surface area contributed by atoms with Gasteiger partial charge >= 0.3 is 5.97 Å². The molecule has 0 amide bonds. The first-order chi connectivity index (χ1) is 9.02. The number of hydrogen-bond acceptors (Lipinski definition) is 2. The summed E-state index contributed by atoms with van der Waals surface area (Å²) in [4.78, 5) is 13.7. The highest BCUT2D eigenvalue weighted by atomic mass is 16.4. The van der Waals surface area contributed by atoms with Gasteiger partial charge in [0.15, 0.2) is 0 Å². The van der Waals surface area contributed by atoms with Crippen LogP contribution in [-0.2, 0) is 4.79 Å². The summed E-state index contributed by atoms with van der Waals surface area (Å²) < 4.78 is 0. The monoisotopic (exact) mass is 261 g/mol. The Kier molecular flexibility index (Phi) is 4.25. The van der Waals surface area contributed by atoms with E-state index in [0.29, 0.717) is 5.92 Å². The topological polar surface area (TPSA) is 40.5 Å². The molecule has 3 unspecified atom stereocenters. The summed E-state index contributed by atoms with van der Waals surface area (Å²) in [5.41, 5.74) is 1.22. The van der Waals surface area contributed by atoms with Crippen LogP contribution in [-0.4, -0.2) is 28.6 Å². The van der Waals surface area contributed by atoms with E-state index in [2.05, 4.69) is 30.9 Å². The molecule has 0 spiro atoms. The number of benzene rings is 1. The van der Waals surface area contributed by atoms with Crippen LogP contribution in [0.1, 0.15) is 38.8 Å². The van der Waals surface area contributed by atoms with Crippen molar-refractivity contribution in [2.75, 3.05) is 6.54 Å². The molecule has 2 rings (SSSR count). The summed E-state index contributed by atoms with van der Waals surface area (Å²) in [6, 6.07) is 10.1. The van der Waals surface area contributed by atoms with Gasteiger partial charge in [-0.05, 0) is 30.4 Å². The number of rotatable bonds is 4. The molecule has 19 heavy (non-hydrogen) atoms. The minimum absolute atomic E-state index is 0.187. The van der Waals surface area contributed by atoms with E-state index in [9.17, 15) is 9.90 Å². The maximum absolute atomic E-state index is 11.5. The second kappa shape index (κ2) is 5.74. The average molecular weight is 261 g/mol. The number of likely N-dealkylation sites (tertiary alicyclic amines) is 1. The highest BCUT2D eigenvalue weighted by molar-refractivity contribution is 5.74. The minimum Gasteiger partial charge on any atom is -0.480 e. The highest BCUT2D eigenvalue weighted by Crippen LogP contribution is 2.37.